The largest absolute Gasteiger partial charge is 0.459 e. The molecule has 2 amide bonds. The lowest BCUT2D eigenvalue weighted by Crippen LogP contribution is -2.42. The van der Waals surface area contributed by atoms with E-state index in [0.717, 1.165) is 22.3 Å². The number of benzene rings is 2. The molecular formula is C23H23N3O3. The second-order valence-electron chi connectivity index (χ2n) is 7.16. The first-order valence-electron chi connectivity index (χ1n) is 9.81. The van der Waals surface area contributed by atoms with E-state index in [4.69, 9.17) is 4.74 Å². The Hall–Kier alpha value is -3.41. The summed E-state index contributed by atoms with van der Waals surface area (Å²) in [6.07, 6.45) is 1.21. The summed E-state index contributed by atoms with van der Waals surface area (Å²) in [5.74, 6) is -0.403. The summed E-state index contributed by atoms with van der Waals surface area (Å²) in [6.45, 7) is 1.23. The number of nitrogens with zero attached hydrogens (tertiary/aromatic N) is 2. The highest BCUT2D eigenvalue weighted by molar-refractivity contribution is 5.89. The second-order valence-corrected chi connectivity index (χ2v) is 7.16. The van der Waals surface area contributed by atoms with E-state index < -0.39 is 0 Å². The Balaban J connectivity index is 1.25. The molecule has 1 aromatic heterocycles. The van der Waals surface area contributed by atoms with E-state index in [1.54, 1.807) is 4.90 Å². The van der Waals surface area contributed by atoms with Crippen molar-refractivity contribution >= 4 is 28.6 Å². The van der Waals surface area contributed by atoms with Gasteiger partial charge in [0.1, 0.15) is 6.61 Å². The van der Waals surface area contributed by atoms with Gasteiger partial charge in [-0.15, -0.1) is 0 Å². The van der Waals surface area contributed by atoms with E-state index in [1.165, 1.54) is 0 Å². The summed E-state index contributed by atoms with van der Waals surface area (Å²) in [7, 11) is 0. The summed E-state index contributed by atoms with van der Waals surface area (Å²) in [6, 6.07) is 20.9. The third kappa shape index (κ3) is 4.71. The number of piperidine rings is 1. The number of pyridine rings is 1. The average molecular weight is 389 g/mol. The van der Waals surface area contributed by atoms with Crippen molar-refractivity contribution in [1.29, 1.82) is 0 Å². The number of fused-ring (bicyclic) bond motifs is 1. The molecule has 2 aromatic carbocycles. The van der Waals surface area contributed by atoms with Gasteiger partial charge >= 0.3 is 12.0 Å². The maximum atomic E-state index is 12.4. The molecule has 4 rings (SSSR count). The molecule has 6 nitrogen and oxygen atoms in total. The molecule has 6 heteroatoms. The Morgan fingerprint density at radius 3 is 2.48 bits per heavy atom. The molecule has 0 unspecified atom stereocenters. The quantitative estimate of drug-likeness (QED) is 0.678. The molecule has 1 N–H and O–H groups in total. The van der Waals surface area contributed by atoms with Crippen LogP contribution in [-0.4, -0.2) is 35.0 Å². The van der Waals surface area contributed by atoms with Crippen molar-refractivity contribution in [2.45, 2.75) is 19.4 Å². The number of ether oxygens (including phenoxy) is 1. The lowest BCUT2D eigenvalue weighted by Gasteiger charge is -2.30. The van der Waals surface area contributed by atoms with Crippen molar-refractivity contribution in [3.8, 4) is 0 Å². The number of likely N-dealkylation sites (tertiary alicyclic amines) is 1. The van der Waals surface area contributed by atoms with Gasteiger partial charge in [0.25, 0.3) is 0 Å². The van der Waals surface area contributed by atoms with Crippen molar-refractivity contribution in [3.05, 3.63) is 72.4 Å². The average Bonchev–Trinajstić information content (AvgIpc) is 2.78. The summed E-state index contributed by atoms with van der Waals surface area (Å²) in [5.41, 5.74) is 2.39. The molecule has 1 fully saturated rings. The van der Waals surface area contributed by atoms with Gasteiger partial charge in [0, 0.05) is 24.2 Å². The lowest BCUT2D eigenvalue weighted by molar-refractivity contribution is -0.151. The van der Waals surface area contributed by atoms with Crippen LogP contribution in [0.4, 0.5) is 10.5 Å². The van der Waals surface area contributed by atoms with Crippen molar-refractivity contribution in [2.24, 2.45) is 5.92 Å². The van der Waals surface area contributed by atoms with Crippen molar-refractivity contribution in [3.63, 3.8) is 0 Å². The van der Waals surface area contributed by atoms with Crippen LogP contribution in [0.3, 0.4) is 0 Å². The first-order chi connectivity index (χ1) is 14.2. The third-order valence-electron chi connectivity index (χ3n) is 5.16. The first kappa shape index (κ1) is 18.9. The Bertz CT molecular complexity index is 998. The number of urea groups is 1. The normalized spacial score (nSPS) is 14.6. The summed E-state index contributed by atoms with van der Waals surface area (Å²) < 4.78 is 5.49. The van der Waals surface area contributed by atoms with Crippen molar-refractivity contribution < 1.29 is 14.3 Å². The zero-order valence-electron chi connectivity index (χ0n) is 16.1. The van der Waals surface area contributed by atoms with Crippen LogP contribution in [0.25, 0.3) is 10.9 Å². The molecular weight excluding hydrogens is 366 g/mol. The van der Waals surface area contributed by atoms with Crippen LogP contribution in [0.1, 0.15) is 18.5 Å². The molecule has 0 radical (unpaired) electrons. The topological polar surface area (TPSA) is 71.5 Å². The van der Waals surface area contributed by atoms with Crippen LogP contribution in [0, 0.1) is 5.92 Å². The Labute approximate surface area is 169 Å². The van der Waals surface area contributed by atoms with Crippen LogP contribution in [0.15, 0.2) is 66.7 Å². The molecule has 1 aliphatic rings. The number of esters is 1. The highest BCUT2D eigenvalue weighted by Crippen LogP contribution is 2.20. The first-order valence-corrected chi connectivity index (χ1v) is 9.81. The van der Waals surface area contributed by atoms with Gasteiger partial charge in [0.05, 0.1) is 17.1 Å². The van der Waals surface area contributed by atoms with E-state index in [1.807, 2.05) is 66.7 Å². The fourth-order valence-corrected chi connectivity index (χ4v) is 3.49. The van der Waals surface area contributed by atoms with Gasteiger partial charge in [-0.25, -0.2) is 9.78 Å². The minimum absolute atomic E-state index is 0.136. The minimum atomic E-state index is -0.219. The molecule has 1 saturated heterocycles. The Morgan fingerprint density at radius 1 is 0.966 bits per heavy atom. The standard InChI is InChI=1S/C23H23N3O3/c27-22(29-16-20-11-10-17-6-4-5-9-21(17)24-20)18-12-14-26(15-13-18)23(28)25-19-7-2-1-3-8-19/h1-11,18H,12-16H2,(H,25,28). The van der Waals surface area contributed by atoms with E-state index in [9.17, 15) is 9.59 Å². The van der Waals surface area contributed by atoms with Crippen LogP contribution in [0.2, 0.25) is 0 Å². The zero-order valence-corrected chi connectivity index (χ0v) is 16.1. The van der Waals surface area contributed by atoms with Gasteiger partial charge in [-0.1, -0.05) is 42.5 Å². The predicted molar refractivity (Wildman–Crippen MR) is 111 cm³/mol. The van der Waals surface area contributed by atoms with Gasteiger partial charge in [-0.3, -0.25) is 4.79 Å². The predicted octanol–water partition coefficient (Wildman–Crippen LogP) is 4.22. The van der Waals surface area contributed by atoms with Crippen LogP contribution in [-0.2, 0) is 16.1 Å². The zero-order chi connectivity index (χ0) is 20.1. The number of aromatic nitrogens is 1. The Kier molecular flexibility index (Phi) is 5.70. The molecule has 0 bridgehead atoms. The molecule has 29 heavy (non-hydrogen) atoms. The monoisotopic (exact) mass is 389 g/mol. The summed E-state index contributed by atoms with van der Waals surface area (Å²) >= 11 is 0. The number of hydrogen-bond donors (Lipinski definition) is 1. The van der Waals surface area contributed by atoms with Gasteiger partial charge < -0.3 is 15.0 Å². The van der Waals surface area contributed by atoms with Crippen LogP contribution >= 0.6 is 0 Å². The van der Waals surface area contributed by atoms with Gasteiger partial charge in [-0.05, 0) is 37.1 Å². The number of amides is 2. The smallest absolute Gasteiger partial charge is 0.321 e. The number of anilines is 1. The van der Waals surface area contributed by atoms with Crippen molar-refractivity contribution in [1.82, 2.24) is 9.88 Å². The molecule has 0 atom stereocenters. The number of para-hydroxylation sites is 2. The summed E-state index contributed by atoms with van der Waals surface area (Å²) in [5, 5.41) is 3.94. The number of carbonyl (C=O) groups is 2. The lowest BCUT2D eigenvalue weighted by atomic mass is 9.97. The number of nitrogens with one attached hydrogen (secondary N) is 1. The van der Waals surface area contributed by atoms with E-state index >= 15 is 0 Å². The van der Waals surface area contributed by atoms with Crippen LogP contribution < -0.4 is 5.32 Å². The maximum absolute atomic E-state index is 12.4. The highest BCUT2D eigenvalue weighted by atomic mass is 16.5. The number of rotatable bonds is 4. The summed E-state index contributed by atoms with van der Waals surface area (Å²) in [4.78, 5) is 31.1. The van der Waals surface area contributed by atoms with E-state index in [0.29, 0.717) is 25.9 Å². The molecule has 148 valence electrons. The van der Waals surface area contributed by atoms with Crippen molar-refractivity contribution in [2.75, 3.05) is 18.4 Å². The SMILES string of the molecule is O=C(OCc1ccc2ccccc2n1)C1CCN(C(=O)Nc2ccccc2)CC1. The fraction of sp³-hybridized carbons (Fsp3) is 0.261. The number of carbonyl (C=O) groups excluding carboxylic acids is 2. The highest BCUT2D eigenvalue weighted by Gasteiger charge is 2.28. The molecule has 0 saturated carbocycles. The van der Waals surface area contributed by atoms with Gasteiger partial charge in [0.15, 0.2) is 0 Å². The van der Waals surface area contributed by atoms with E-state index in [2.05, 4.69) is 10.3 Å². The van der Waals surface area contributed by atoms with E-state index in [-0.39, 0.29) is 24.5 Å². The van der Waals surface area contributed by atoms with Crippen LogP contribution in [0.5, 0.6) is 0 Å². The Morgan fingerprint density at radius 2 is 1.69 bits per heavy atom. The second kappa shape index (κ2) is 8.73. The molecule has 0 aliphatic carbocycles. The minimum Gasteiger partial charge on any atom is -0.459 e. The van der Waals surface area contributed by atoms with Gasteiger partial charge in [0.2, 0.25) is 0 Å². The fourth-order valence-electron chi connectivity index (χ4n) is 3.49. The third-order valence-corrected chi connectivity index (χ3v) is 5.16. The molecule has 2 heterocycles. The molecule has 3 aromatic rings. The molecule has 1 aliphatic heterocycles. The van der Waals surface area contributed by atoms with Gasteiger partial charge in [-0.2, -0.15) is 0 Å². The maximum Gasteiger partial charge on any atom is 0.321 e. The number of hydrogen-bond acceptors (Lipinski definition) is 4. The molecule has 0 spiro atoms.